The van der Waals surface area contributed by atoms with E-state index in [2.05, 4.69) is 15.8 Å². The van der Waals surface area contributed by atoms with Crippen molar-refractivity contribution in [1.29, 1.82) is 0 Å². The van der Waals surface area contributed by atoms with Gasteiger partial charge in [-0.25, -0.2) is 10.4 Å². The number of hydrogen-bond donors (Lipinski definition) is 2. The molecule has 1 rings (SSSR count). The predicted octanol–water partition coefficient (Wildman–Crippen LogP) is -1.02. The van der Waals surface area contributed by atoms with Gasteiger partial charge in [0.25, 0.3) is 0 Å². The molecule has 0 aliphatic carbocycles. The molecule has 0 radical (unpaired) electrons. The monoisotopic (exact) mass is 101 g/mol. The van der Waals surface area contributed by atoms with Crippen molar-refractivity contribution < 1.29 is 0 Å². The number of rotatable bonds is 3. The van der Waals surface area contributed by atoms with Gasteiger partial charge in [0.2, 0.25) is 0 Å². The van der Waals surface area contributed by atoms with Crippen LogP contribution in [0.5, 0.6) is 0 Å². The Bertz CT molecular complexity index is 50.9. The molecule has 1 unspecified atom stereocenters. The van der Waals surface area contributed by atoms with E-state index in [1.54, 1.807) is 0 Å². The Labute approximate surface area is 43.7 Å². The van der Waals surface area contributed by atoms with Crippen LogP contribution in [0.25, 0.3) is 0 Å². The van der Waals surface area contributed by atoms with Crippen LogP contribution in [0.4, 0.5) is 0 Å². The van der Waals surface area contributed by atoms with Crippen molar-refractivity contribution in [2.75, 3.05) is 26.8 Å². The zero-order valence-electron chi connectivity index (χ0n) is 4.57. The molecule has 0 bridgehead atoms. The Morgan fingerprint density at radius 1 is 1.86 bits per heavy atom. The van der Waals surface area contributed by atoms with Gasteiger partial charge in [-0.15, -0.1) is 0 Å². The Hall–Kier alpha value is -0.120. The molecule has 1 fully saturated rings. The van der Waals surface area contributed by atoms with Gasteiger partial charge < -0.3 is 5.32 Å². The summed E-state index contributed by atoms with van der Waals surface area (Å²) < 4.78 is 0. The van der Waals surface area contributed by atoms with Crippen LogP contribution in [0.1, 0.15) is 0 Å². The van der Waals surface area contributed by atoms with E-state index in [1.165, 1.54) is 0 Å². The Balaban J connectivity index is 1.80. The predicted molar refractivity (Wildman–Crippen MR) is 28.6 cm³/mol. The van der Waals surface area contributed by atoms with Crippen LogP contribution >= 0.6 is 0 Å². The smallest absolute Gasteiger partial charge is 0.0755 e. The molecule has 1 saturated heterocycles. The van der Waals surface area contributed by atoms with Crippen LogP contribution in [0.15, 0.2) is 0 Å². The van der Waals surface area contributed by atoms with Gasteiger partial charge in [0, 0.05) is 13.1 Å². The largest absolute Gasteiger partial charge is 0.318 e. The molecule has 3 nitrogen and oxygen atoms in total. The van der Waals surface area contributed by atoms with Crippen molar-refractivity contribution in [2.24, 2.45) is 0 Å². The van der Waals surface area contributed by atoms with Gasteiger partial charge in [-0.05, 0) is 7.05 Å². The van der Waals surface area contributed by atoms with Crippen LogP contribution in [-0.2, 0) is 0 Å². The van der Waals surface area contributed by atoms with Crippen molar-refractivity contribution in [3.8, 4) is 0 Å². The fraction of sp³-hybridized carbons (Fsp3) is 1.00. The van der Waals surface area contributed by atoms with Crippen molar-refractivity contribution in [1.82, 2.24) is 15.8 Å². The summed E-state index contributed by atoms with van der Waals surface area (Å²) in [5.74, 6) is 0. The van der Waals surface area contributed by atoms with Gasteiger partial charge in [0.1, 0.15) is 0 Å². The summed E-state index contributed by atoms with van der Waals surface area (Å²) in [6.07, 6.45) is 0. The molecule has 42 valence electrons. The molecule has 0 amide bonds. The van der Waals surface area contributed by atoms with E-state index in [9.17, 15) is 0 Å². The van der Waals surface area contributed by atoms with Crippen molar-refractivity contribution in [3.63, 3.8) is 0 Å². The molecule has 0 aromatic heterocycles. The molecular formula is C4H11N3. The molecule has 7 heavy (non-hydrogen) atoms. The minimum atomic E-state index is 1.07. The van der Waals surface area contributed by atoms with Crippen molar-refractivity contribution in [3.05, 3.63) is 0 Å². The summed E-state index contributed by atoms with van der Waals surface area (Å²) in [5.41, 5.74) is 3.06. The van der Waals surface area contributed by atoms with E-state index >= 15 is 0 Å². The minimum absolute atomic E-state index is 1.07. The lowest BCUT2D eigenvalue weighted by Crippen LogP contribution is -2.18. The maximum absolute atomic E-state index is 3.06. The molecule has 1 aliphatic heterocycles. The third kappa shape index (κ3) is 1.87. The van der Waals surface area contributed by atoms with Crippen LogP contribution in [0, 0.1) is 0 Å². The second kappa shape index (κ2) is 2.26. The zero-order chi connectivity index (χ0) is 5.11. The number of hydrazine groups is 1. The molecule has 0 aromatic rings. The molecule has 0 saturated carbocycles. The third-order valence-electron chi connectivity index (χ3n) is 1.01. The van der Waals surface area contributed by atoms with Crippen molar-refractivity contribution >= 4 is 0 Å². The maximum atomic E-state index is 3.06. The zero-order valence-corrected chi connectivity index (χ0v) is 4.57. The van der Waals surface area contributed by atoms with Crippen LogP contribution < -0.4 is 10.7 Å². The van der Waals surface area contributed by atoms with Crippen LogP contribution in [-0.4, -0.2) is 31.8 Å². The minimum Gasteiger partial charge on any atom is -0.318 e. The first kappa shape index (κ1) is 5.03. The standard InChI is InChI=1S/C4H11N3/c1-5-2-3-7-4-6-7/h5-6H,2-4H2,1H3. The molecule has 1 aliphatic rings. The Kier molecular flexibility index (Phi) is 1.62. The number of nitrogens with zero attached hydrogens (tertiary/aromatic N) is 1. The number of hydrogen-bond acceptors (Lipinski definition) is 3. The Morgan fingerprint density at radius 3 is 3.00 bits per heavy atom. The summed E-state index contributed by atoms with van der Waals surface area (Å²) in [5, 5.41) is 5.21. The second-order valence-corrected chi connectivity index (χ2v) is 1.68. The van der Waals surface area contributed by atoms with Gasteiger partial charge in [-0.3, -0.25) is 0 Å². The highest BCUT2D eigenvalue weighted by Crippen LogP contribution is 1.88. The summed E-state index contributed by atoms with van der Waals surface area (Å²) >= 11 is 0. The highest BCUT2D eigenvalue weighted by Gasteiger charge is 2.13. The lowest BCUT2D eigenvalue weighted by atomic mass is 10.6. The molecule has 0 spiro atoms. The molecule has 2 N–H and O–H groups in total. The van der Waals surface area contributed by atoms with E-state index in [0.717, 1.165) is 19.8 Å². The summed E-state index contributed by atoms with van der Waals surface area (Å²) in [6, 6.07) is 0. The lowest BCUT2D eigenvalue weighted by molar-refractivity contribution is 0.502. The highest BCUT2D eigenvalue weighted by molar-refractivity contribution is 4.59. The normalized spacial score (nSPS) is 27.9. The first-order valence-electron chi connectivity index (χ1n) is 2.56. The van der Waals surface area contributed by atoms with E-state index in [-0.39, 0.29) is 0 Å². The molecule has 3 heteroatoms. The van der Waals surface area contributed by atoms with Gasteiger partial charge in [-0.1, -0.05) is 0 Å². The first-order chi connectivity index (χ1) is 3.43. The quantitative estimate of drug-likeness (QED) is 0.447. The fourth-order valence-corrected chi connectivity index (χ4v) is 0.455. The molecular weight excluding hydrogens is 90.1 g/mol. The SMILES string of the molecule is CNCCN1CN1. The summed E-state index contributed by atoms with van der Waals surface area (Å²) in [7, 11) is 1.96. The average Bonchev–Trinajstić information content (AvgIpc) is 2.42. The molecule has 1 atom stereocenters. The molecule has 0 aromatic carbocycles. The van der Waals surface area contributed by atoms with Gasteiger partial charge in [0.05, 0.1) is 6.67 Å². The van der Waals surface area contributed by atoms with Crippen LogP contribution in [0.2, 0.25) is 0 Å². The van der Waals surface area contributed by atoms with Gasteiger partial charge in [-0.2, -0.15) is 0 Å². The summed E-state index contributed by atoms with van der Waals surface area (Å²) in [6.45, 7) is 3.27. The van der Waals surface area contributed by atoms with E-state index in [0.29, 0.717) is 0 Å². The Morgan fingerprint density at radius 2 is 2.57 bits per heavy atom. The van der Waals surface area contributed by atoms with E-state index < -0.39 is 0 Å². The van der Waals surface area contributed by atoms with Gasteiger partial charge >= 0.3 is 0 Å². The number of nitrogens with one attached hydrogen (secondary N) is 2. The third-order valence-corrected chi connectivity index (χ3v) is 1.01. The van der Waals surface area contributed by atoms with Gasteiger partial charge in [0.15, 0.2) is 0 Å². The average molecular weight is 101 g/mol. The fourth-order valence-electron chi connectivity index (χ4n) is 0.455. The van der Waals surface area contributed by atoms with Crippen molar-refractivity contribution in [2.45, 2.75) is 0 Å². The van der Waals surface area contributed by atoms with E-state index in [1.807, 2.05) is 7.05 Å². The summed E-state index contributed by atoms with van der Waals surface area (Å²) in [4.78, 5) is 0. The van der Waals surface area contributed by atoms with E-state index in [4.69, 9.17) is 0 Å². The number of likely N-dealkylation sites (N-methyl/N-ethyl adjacent to an activating group) is 1. The highest BCUT2D eigenvalue weighted by atomic mass is 15.7. The molecule has 1 heterocycles. The first-order valence-corrected chi connectivity index (χ1v) is 2.56. The second-order valence-electron chi connectivity index (χ2n) is 1.68. The lowest BCUT2D eigenvalue weighted by Gasteiger charge is -1.94. The topological polar surface area (TPSA) is 37.0 Å². The maximum Gasteiger partial charge on any atom is 0.0755 e. The van der Waals surface area contributed by atoms with Crippen LogP contribution in [0.3, 0.4) is 0 Å².